The van der Waals surface area contributed by atoms with Gasteiger partial charge in [-0.1, -0.05) is 24.3 Å². The number of carbonyl (C=O) groups is 4. The van der Waals surface area contributed by atoms with Gasteiger partial charge >= 0.3 is 12.3 Å². The van der Waals surface area contributed by atoms with E-state index < -0.39 is 74.8 Å². The van der Waals surface area contributed by atoms with E-state index in [-0.39, 0.29) is 36.5 Å². The van der Waals surface area contributed by atoms with Crippen molar-refractivity contribution < 1.29 is 45.5 Å². The minimum absolute atomic E-state index is 0.0357. The van der Waals surface area contributed by atoms with Crippen LogP contribution in [0.25, 0.3) is 11.3 Å². The number of pyridine rings is 1. The number of hydrogen-bond acceptors (Lipinski definition) is 8. The maximum atomic E-state index is 14.3. The highest BCUT2D eigenvalue weighted by molar-refractivity contribution is 7.90. The monoisotopic (exact) mass is 745 g/mol. The number of allylic oxidation sites excluding steroid dienone is 1. The number of alkyl halides is 3. The van der Waals surface area contributed by atoms with Gasteiger partial charge in [-0.2, -0.15) is 13.2 Å². The molecule has 1 aromatic heterocycles. The minimum Gasteiger partial charge on any atom is -0.446 e. The van der Waals surface area contributed by atoms with Gasteiger partial charge in [-0.3, -0.25) is 29.4 Å². The molecule has 2 aromatic rings. The van der Waals surface area contributed by atoms with Crippen LogP contribution in [0, 0.1) is 24.7 Å². The van der Waals surface area contributed by atoms with Crippen molar-refractivity contribution >= 4 is 39.5 Å². The maximum Gasteiger partial charge on any atom is 0.416 e. The van der Waals surface area contributed by atoms with E-state index in [1.54, 1.807) is 32.2 Å². The number of carbonyl (C=O) groups excluding carboxylic acids is 4. The normalized spacial score (nSPS) is 26.4. The number of aromatic nitrogens is 1. The highest BCUT2D eigenvalue weighted by Crippen LogP contribution is 2.40. The Morgan fingerprint density at radius 2 is 1.71 bits per heavy atom. The molecule has 2 N–H and O–H groups in total. The first kappa shape index (κ1) is 37.3. The van der Waals surface area contributed by atoms with E-state index in [4.69, 9.17) is 4.74 Å². The summed E-state index contributed by atoms with van der Waals surface area (Å²) >= 11 is 0. The molecule has 3 heterocycles. The Hall–Kier alpha value is -4.47. The van der Waals surface area contributed by atoms with Gasteiger partial charge in [0.15, 0.2) is 0 Å². The molecule has 3 fully saturated rings. The zero-order valence-corrected chi connectivity index (χ0v) is 29.7. The van der Waals surface area contributed by atoms with Crippen LogP contribution in [0.1, 0.15) is 62.6 Å². The van der Waals surface area contributed by atoms with Crippen LogP contribution in [0.2, 0.25) is 0 Å². The van der Waals surface area contributed by atoms with Gasteiger partial charge in [0.1, 0.15) is 12.1 Å². The predicted molar refractivity (Wildman–Crippen MR) is 184 cm³/mol. The van der Waals surface area contributed by atoms with Crippen LogP contribution in [-0.4, -0.2) is 84.5 Å². The molecule has 4 aliphatic rings. The van der Waals surface area contributed by atoms with Crippen molar-refractivity contribution in [1.29, 1.82) is 0 Å². The van der Waals surface area contributed by atoms with Gasteiger partial charge in [0, 0.05) is 37.3 Å². The van der Waals surface area contributed by atoms with Gasteiger partial charge < -0.3 is 14.5 Å². The van der Waals surface area contributed by atoms with E-state index in [0.29, 0.717) is 50.0 Å². The van der Waals surface area contributed by atoms with Gasteiger partial charge in [-0.25, -0.2) is 13.2 Å². The SMILES string of the molecule is Cc1cccc(-c2ccc(C(F)(F)F)cc2NC(=O)O[C@H]2C[C@H]3C(=O)N(C)CCCC/C=C\[C@@H]4CCN(C(=O)[C@@H]3C2)C4C(=O)NS(=O)(=O)C2CC2)n1. The number of nitrogens with one attached hydrogen (secondary N) is 2. The number of benzene rings is 1. The van der Waals surface area contributed by atoms with Crippen molar-refractivity contribution in [3.8, 4) is 11.3 Å². The number of ether oxygens (including phenoxy) is 1. The summed E-state index contributed by atoms with van der Waals surface area (Å²) in [6.45, 7) is 2.30. The maximum absolute atomic E-state index is 14.3. The molecule has 0 spiro atoms. The van der Waals surface area contributed by atoms with Gasteiger partial charge in [0.2, 0.25) is 21.8 Å². The third kappa shape index (κ3) is 8.26. The first-order chi connectivity index (χ1) is 24.6. The van der Waals surface area contributed by atoms with Crippen LogP contribution < -0.4 is 10.0 Å². The van der Waals surface area contributed by atoms with Crippen LogP contribution in [0.3, 0.4) is 0 Å². The molecule has 280 valence electrons. The fraction of sp³-hybridized carbons (Fsp3) is 0.528. The van der Waals surface area contributed by atoms with E-state index in [1.807, 2.05) is 12.2 Å². The minimum atomic E-state index is -4.70. The number of aryl methyl sites for hydroxylation is 1. The Morgan fingerprint density at radius 3 is 2.40 bits per heavy atom. The summed E-state index contributed by atoms with van der Waals surface area (Å²) in [5, 5.41) is 1.78. The van der Waals surface area contributed by atoms with Crippen molar-refractivity contribution in [2.75, 3.05) is 25.5 Å². The van der Waals surface area contributed by atoms with Gasteiger partial charge in [-0.05, 0) is 82.6 Å². The Labute approximate surface area is 300 Å². The summed E-state index contributed by atoms with van der Waals surface area (Å²) < 4.78 is 74.4. The highest BCUT2D eigenvalue weighted by atomic mass is 32.2. The van der Waals surface area contributed by atoms with Crippen molar-refractivity contribution in [3.05, 3.63) is 59.8 Å². The average molecular weight is 746 g/mol. The van der Waals surface area contributed by atoms with Crippen molar-refractivity contribution in [1.82, 2.24) is 19.5 Å². The van der Waals surface area contributed by atoms with Crippen molar-refractivity contribution in [3.63, 3.8) is 0 Å². The van der Waals surface area contributed by atoms with Crippen LogP contribution in [0.5, 0.6) is 0 Å². The molecule has 2 aliphatic carbocycles. The Bertz CT molecular complexity index is 1870. The van der Waals surface area contributed by atoms with Crippen molar-refractivity contribution in [2.24, 2.45) is 17.8 Å². The molecule has 1 saturated heterocycles. The number of amides is 4. The smallest absolute Gasteiger partial charge is 0.416 e. The lowest BCUT2D eigenvalue weighted by atomic mass is 9.92. The van der Waals surface area contributed by atoms with Gasteiger partial charge in [-0.15, -0.1) is 0 Å². The highest BCUT2D eigenvalue weighted by Gasteiger charge is 2.51. The Kier molecular flexibility index (Phi) is 10.7. The summed E-state index contributed by atoms with van der Waals surface area (Å²) in [6, 6.07) is 6.79. The van der Waals surface area contributed by atoms with E-state index in [2.05, 4.69) is 15.0 Å². The number of sulfonamides is 1. The van der Waals surface area contributed by atoms with E-state index in [1.165, 1.54) is 15.9 Å². The molecule has 2 aliphatic heterocycles. The molecule has 4 amide bonds. The second-order valence-corrected chi connectivity index (χ2v) is 16.0. The fourth-order valence-electron chi connectivity index (χ4n) is 7.42. The van der Waals surface area contributed by atoms with Crippen LogP contribution in [0.4, 0.5) is 23.7 Å². The number of fused-ring (bicyclic) bond motifs is 3. The molecule has 6 rings (SSSR count). The molecule has 1 unspecified atom stereocenters. The molecular formula is C36H42F3N5O7S. The molecule has 52 heavy (non-hydrogen) atoms. The molecule has 2 bridgehead atoms. The molecule has 1 aromatic carbocycles. The van der Waals surface area contributed by atoms with E-state index in [9.17, 15) is 40.8 Å². The summed E-state index contributed by atoms with van der Waals surface area (Å²) in [7, 11) is -2.27. The number of anilines is 1. The lowest BCUT2D eigenvalue weighted by molar-refractivity contribution is -0.147. The molecule has 0 radical (unpaired) electrons. The summed E-state index contributed by atoms with van der Waals surface area (Å²) in [5.41, 5.74) is -0.0148. The summed E-state index contributed by atoms with van der Waals surface area (Å²) in [5.74, 6) is -4.04. The zero-order chi connectivity index (χ0) is 37.4. The molecule has 5 atom stereocenters. The summed E-state index contributed by atoms with van der Waals surface area (Å²) in [6.07, 6.45) is 0.328. The second kappa shape index (κ2) is 14.9. The Balaban J connectivity index is 1.25. The standard InChI is InChI=1S/C36H42F3N5O7S/c1-21-8-7-10-29(40-21)26-14-11-23(36(37,38)39)18-30(26)41-35(48)51-24-19-27-28(20-24)34(47)44-17-15-22(9-5-3-4-6-16-43(2)33(27)46)31(44)32(45)42-52(49,50)25-12-13-25/h5,7-11,14,18,22,24-25,27-28,31H,3-4,6,12-13,15-17,19-20H2,1-2H3,(H,41,48)(H,42,45)/b9-5-/t22-,24+,27-,28-,31?/m1/s1. The largest absolute Gasteiger partial charge is 0.446 e. The first-order valence-electron chi connectivity index (χ1n) is 17.5. The lowest BCUT2D eigenvalue weighted by Crippen LogP contribution is -2.52. The third-order valence-corrected chi connectivity index (χ3v) is 12.1. The average Bonchev–Trinajstić information content (AvgIpc) is 3.75. The van der Waals surface area contributed by atoms with Gasteiger partial charge in [0.25, 0.3) is 5.91 Å². The lowest BCUT2D eigenvalue weighted by Gasteiger charge is -2.31. The van der Waals surface area contributed by atoms with Crippen LogP contribution in [-0.2, 0) is 35.3 Å². The van der Waals surface area contributed by atoms with Crippen LogP contribution in [0.15, 0.2) is 48.6 Å². The molecule has 12 nitrogen and oxygen atoms in total. The van der Waals surface area contributed by atoms with E-state index in [0.717, 1.165) is 18.6 Å². The predicted octanol–water partition coefficient (Wildman–Crippen LogP) is 5.04. The quantitative estimate of drug-likeness (QED) is 0.390. The number of nitrogens with zero attached hydrogens (tertiary/aromatic N) is 3. The first-order valence-corrected chi connectivity index (χ1v) is 19.1. The van der Waals surface area contributed by atoms with E-state index >= 15 is 0 Å². The van der Waals surface area contributed by atoms with Crippen molar-refractivity contribution in [2.45, 2.75) is 81.9 Å². The number of hydrogen-bond donors (Lipinski definition) is 2. The fourth-order valence-corrected chi connectivity index (χ4v) is 8.74. The second-order valence-electron chi connectivity index (χ2n) is 14.1. The topological polar surface area (TPSA) is 155 Å². The third-order valence-electron chi connectivity index (χ3n) is 10.3. The molecular weight excluding hydrogens is 703 g/mol. The molecule has 2 saturated carbocycles. The van der Waals surface area contributed by atoms with Crippen LogP contribution >= 0.6 is 0 Å². The van der Waals surface area contributed by atoms with Gasteiger partial charge in [0.05, 0.1) is 34.0 Å². The zero-order valence-electron chi connectivity index (χ0n) is 28.9. The number of rotatable bonds is 6. The Morgan fingerprint density at radius 1 is 0.981 bits per heavy atom. The number of halogens is 3. The molecule has 16 heteroatoms. The summed E-state index contributed by atoms with van der Waals surface area (Å²) in [4.78, 5) is 62.4.